The minimum atomic E-state index is -0.202. The Hall–Kier alpha value is -6.30. The second-order valence-corrected chi connectivity index (χ2v) is 13.8. The van der Waals surface area contributed by atoms with Crippen LogP contribution in [0.15, 0.2) is 146 Å². The van der Waals surface area contributed by atoms with Crippen molar-refractivity contribution < 1.29 is 0 Å². The molecule has 2 heteroatoms. The summed E-state index contributed by atoms with van der Waals surface area (Å²) in [6.07, 6.45) is 0. The lowest BCUT2D eigenvalue weighted by Gasteiger charge is -2.22. The minimum Gasteiger partial charge on any atom is -0.246 e. The summed E-state index contributed by atoms with van der Waals surface area (Å²) in [7, 11) is 0. The second-order valence-electron chi connectivity index (χ2n) is 13.8. The first kappa shape index (κ1) is 27.8. The number of hydrogen-bond donors (Lipinski definition) is 0. The average molecular weight is 623 g/mol. The van der Waals surface area contributed by atoms with Crippen LogP contribution < -0.4 is 0 Å². The van der Waals surface area contributed by atoms with Gasteiger partial charge in [0.05, 0.1) is 22.8 Å². The first-order valence-corrected chi connectivity index (χ1v) is 16.9. The van der Waals surface area contributed by atoms with Crippen LogP contribution in [-0.2, 0) is 5.41 Å². The van der Waals surface area contributed by atoms with Gasteiger partial charge in [-0.2, -0.15) is 5.26 Å². The lowest BCUT2D eigenvalue weighted by Crippen LogP contribution is -2.15. The third-order valence-electron chi connectivity index (χ3n) is 10.8. The number of rotatable bonds is 2. The standard InChI is InChI=1S/C47H30N2/c1-47(2)41-24-28(27-48)18-21-36(41)37-22-20-31(26-42(37)47)30-11-9-12-32(25-30)45-40-23-19-29-10-3-4-13-33(29)43(40)44-38-16-7-5-14-34(38)35-15-6-8-17-39(35)46(44)49-45/h3-26H,1-2H3. The normalized spacial score (nSPS) is 13.2. The second kappa shape index (κ2) is 10.1. The van der Waals surface area contributed by atoms with Crippen molar-refractivity contribution >= 4 is 54.0 Å². The summed E-state index contributed by atoms with van der Waals surface area (Å²) in [5.41, 5.74) is 10.9. The molecule has 0 spiro atoms. The lowest BCUT2D eigenvalue weighted by atomic mass is 9.81. The van der Waals surface area contributed by atoms with Gasteiger partial charge in [0.25, 0.3) is 0 Å². The van der Waals surface area contributed by atoms with Crippen LogP contribution in [0.5, 0.6) is 0 Å². The topological polar surface area (TPSA) is 36.7 Å². The van der Waals surface area contributed by atoms with Crippen LogP contribution in [-0.4, -0.2) is 4.98 Å². The van der Waals surface area contributed by atoms with E-state index in [1.165, 1.54) is 70.9 Å². The Morgan fingerprint density at radius 3 is 1.92 bits per heavy atom. The molecule has 8 aromatic carbocycles. The van der Waals surface area contributed by atoms with Gasteiger partial charge < -0.3 is 0 Å². The summed E-state index contributed by atoms with van der Waals surface area (Å²) in [5.74, 6) is 0. The summed E-state index contributed by atoms with van der Waals surface area (Å²) < 4.78 is 0. The van der Waals surface area contributed by atoms with Crippen LogP contribution in [0.25, 0.3) is 87.5 Å². The molecule has 2 nitrogen and oxygen atoms in total. The molecule has 0 radical (unpaired) electrons. The van der Waals surface area contributed by atoms with E-state index in [1.807, 2.05) is 6.07 Å². The largest absolute Gasteiger partial charge is 0.246 e. The Kier molecular flexibility index (Phi) is 5.73. The van der Waals surface area contributed by atoms with Crippen molar-refractivity contribution in [3.8, 4) is 39.6 Å². The van der Waals surface area contributed by atoms with Crippen molar-refractivity contribution in [1.82, 2.24) is 4.98 Å². The molecule has 1 aromatic heterocycles. The van der Waals surface area contributed by atoms with E-state index in [2.05, 4.69) is 159 Å². The molecular formula is C47H30N2. The molecule has 0 amide bonds. The van der Waals surface area contributed by atoms with Crippen molar-refractivity contribution in [3.63, 3.8) is 0 Å². The van der Waals surface area contributed by atoms with E-state index < -0.39 is 0 Å². The maximum absolute atomic E-state index is 9.59. The van der Waals surface area contributed by atoms with Gasteiger partial charge in [-0.05, 0) is 84.6 Å². The minimum absolute atomic E-state index is 0.202. The van der Waals surface area contributed by atoms with Crippen LogP contribution in [0, 0.1) is 11.3 Å². The zero-order valence-corrected chi connectivity index (χ0v) is 27.3. The quantitative estimate of drug-likeness (QED) is 0.180. The first-order chi connectivity index (χ1) is 24.0. The molecule has 9 aromatic rings. The van der Waals surface area contributed by atoms with E-state index in [0.717, 1.165) is 27.7 Å². The number of nitrogens with zero attached hydrogens (tertiary/aromatic N) is 2. The maximum atomic E-state index is 9.59. The number of pyridine rings is 1. The molecule has 0 N–H and O–H groups in total. The summed E-state index contributed by atoms with van der Waals surface area (Å²) in [6, 6.07) is 54.8. The fraction of sp³-hybridized carbons (Fsp3) is 0.0638. The summed E-state index contributed by atoms with van der Waals surface area (Å²) >= 11 is 0. The SMILES string of the molecule is CC1(C)c2cc(C#N)ccc2-c2ccc(-c3cccc(-c4nc5c6ccccc6c6ccccc6c5c5c4ccc4ccccc45)c3)cc21. The molecule has 0 bridgehead atoms. The molecule has 10 rings (SSSR count). The van der Waals surface area contributed by atoms with Crippen molar-refractivity contribution in [3.05, 3.63) is 162 Å². The Morgan fingerprint density at radius 1 is 0.490 bits per heavy atom. The van der Waals surface area contributed by atoms with E-state index in [4.69, 9.17) is 4.98 Å². The van der Waals surface area contributed by atoms with Crippen molar-refractivity contribution in [2.45, 2.75) is 19.3 Å². The Labute approximate surface area is 284 Å². The zero-order valence-electron chi connectivity index (χ0n) is 27.3. The van der Waals surface area contributed by atoms with Crippen LogP contribution in [0.4, 0.5) is 0 Å². The number of benzene rings is 8. The average Bonchev–Trinajstić information content (AvgIpc) is 3.39. The summed E-state index contributed by atoms with van der Waals surface area (Å²) in [4.78, 5) is 5.59. The first-order valence-electron chi connectivity index (χ1n) is 16.9. The smallest absolute Gasteiger partial charge is 0.0991 e. The van der Waals surface area contributed by atoms with Gasteiger partial charge in [-0.25, -0.2) is 4.98 Å². The highest BCUT2D eigenvalue weighted by Gasteiger charge is 2.35. The monoisotopic (exact) mass is 622 g/mol. The predicted molar refractivity (Wildman–Crippen MR) is 205 cm³/mol. The van der Waals surface area contributed by atoms with Gasteiger partial charge >= 0.3 is 0 Å². The van der Waals surface area contributed by atoms with Gasteiger partial charge in [-0.1, -0.05) is 135 Å². The number of fused-ring (bicyclic) bond motifs is 13. The van der Waals surface area contributed by atoms with E-state index in [0.29, 0.717) is 5.56 Å². The Bertz CT molecular complexity index is 2920. The molecule has 0 aliphatic heterocycles. The fourth-order valence-corrected chi connectivity index (χ4v) is 8.45. The third kappa shape index (κ3) is 3.91. The Morgan fingerprint density at radius 2 is 1.12 bits per heavy atom. The molecular weight excluding hydrogens is 593 g/mol. The molecule has 0 fully saturated rings. The van der Waals surface area contributed by atoms with Crippen LogP contribution >= 0.6 is 0 Å². The van der Waals surface area contributed by atoms with E-state index in [1.54, 1.807) is 0 Å². The van der Waals surface area contributed by atoms with Gasteiger partial charge in [0.1, 0.15) is 0 Å². The van der Waals surface area contributed by atoms with Crippen LogP contribution in [0.1, 0.15) is 30.5 Å². The molecule has 228 valence electrons. The van der Waals surface area contributed by atoms with Gasteiger partial charge in [-0.15, -0.1) is 0 Å². The highest BCUT2D eigenvalue weighted by molar-refractivity contribution is 6.35. The van der Waals surface area contributed by atoms with E-state index in [9.17, 15) is 5.26 Å². The predicted octanol–water partition coefficient (Wildman–Crippen LogP) is 12.4. The highest BCUT2D eigenvalue weighted by Crippen LogP contribution is 2.50. The number of nitriles is 1. The molecule has 0 atom stereocenters. The summed E-state index contributed by atoms with van der Waals surface area (Å²) in [5, 5.41) is 20.5. The van der Waals surface area contributed by atoms with Crippen LogP contribution in [0.2, 0.25) is 0 Å². The number of hydrogen-bond acceptors (Lipinski definition) is 2. The molecule has 0 saturated carbocycles. The van der Waals surface area contributed by atoms with Gasteiger partial charge in [0.15, 0.2) is 0 Å². The molecule has 1 heterocycles. The molecule has 49 heavy (non-hydrogen) atoms. The van der Waals surface area contributed by atoms with E-state index in [-0.39, 0.29) is 5.41 Å². The third-order valence-corrected chi connectivity index (χ3v) is 10.8. The fourth-order valence-electron chi connectivity index (χ4n) is 8.45. The zero-order chi connectivity index (χ0) is 32.9. The van der Waals surface area contributed by atoms with Gasteiger partial charge in [0, 0.05) is 32.5 Å². The lowest BCUT2D eigenvalue weighted by molar-refractivity contribution is 0.660. The van der Waals surface area contributed by atoms with Crippen molar-refractivity contribution in [1.29, 1.82) is 5.26 Å². The van der Waals surface area contributed by atoms with E-state index >= 15 is 0 Å². The maximum Gasteiger partial charge on any atom is 0.0991 e. The molecule has 1 aliphatic carbocycles. The van der Waals surface area contributed by atoms with Crippen molar-refractivity contribution in [2.75, 3.05) is 0 Å². The molecule has 0 saturated heterocycles. The van der Waals surface area contributed by atoms with Gasteiger partial charge in [0.2, 0.25) is 0 Å². The van der Waals surface area contributed by atoms with Crippen molar-refractivity contribution in [2.24, 2.45) is 0 Å². The highest BCUT2D eigenvalue weighted by atomic mass is 14.7. The summed E-state index contributed by atoms with van der Waals surface area (Å²) in [6.45, 7) is 4.53. The molecule has 0 unspecified atom stereocenters. The molecule has 1 aliphatic rings. The van der Waals surface area contributed by atoms with Crippen LogP contribution in [0.3, 0.4) is 0 Å². The number of aromatic nitrogens is 1. The van der Waals surface area contributed by atoms with Gasteiger partial charge in [-0.3, -0.25) is 0 Å². The Balaban J connectivity index is 1.24.